The van der Waals surface area contributed by atoms with Crippen molar-refractivity contribution in [1.82, 2.24) is 4.90 Å². The van der Waals surface area contributed by atoms with Crippen LogP contribution < -0.4 is 9.47 Å². The van der Waals surface area contributed by atoms with E-state index in [4.69, 9.17) is 14.2 Å². The molecule has 0 fully saturated rings. The lowest BCUT2D eigenvalue weighted by molar-refractivity contribution is -0.144. The van der Waals surface area contributed by atoms with Crippen molar-refractivity contribution in [2.75, 3.05) is 13.7 Å². The number of hydrogen-bond donors (Lipinski definition) is 0. The highest BCUT2D eigenvalue weighted by Gasteiger charge is 2.37. The minimum absolute atomic E-state index is 0.0743. The molecule has 0 spiro atoms. The summed E-state index contributed by atoms with van der Waals surface area (Å²) >= 11 is 0. The van der Waals surface area contributed by atoms with E-state index >= 15 is 0 Å². The number of ether oxygens (including phenoxy) is 4. The molecule has 0 radical (unpaired) electrons. The number of rotatable bonds is 6. The van der Waals surface area contributed by atoms with Crippen molar-refractivity contribution in [2.24, 2.45) is 0 Å². The molecular weight excluding hydrogens is 400 g/mol. The Bertz CT molecular complexity index is 816. The van der Waals surface area contributed by atoms with Crippen LogP contribution in [0.2, 0.25) is 0 Å². The molecule has 0 saturated carbocycles. The molecule has 1 aliphatic rings. The first-order valence-corrected chi connectivity index (χ1v) is 9.45. The number of alkyl halides is 2. The summed E-state index contributed by atoms with van der Waals surface area (Å²) in [7, 11) is 1.23. The number of esters is 1. The van der Waals surface area contributed by atoms with Crippen molar-refractivity contribution in [3.05, 3.63) is 29.8 Å². The molecule has 2 rings (SSSR count). The SMILES string of the molecule is COC(=O)[C@H]1C=C(c2ccc(OC(F)F)c(OC(C)C)c2)CN1C(=O)OC(C)(C)C. The summed E-state index contributed by atoms with van der Waals surface area (Å²) in [6.45, 7) is 5.75. The Labute approximate surface area is 174 Å². The standard InChI is InChI=1S/C21H27F2NO6/c1-12(2)28-17-10-13(7-8-16(17)29-19(22)23)14-9-15(18(25)27-6)24(11-14)20(26)30-21(3,4)5/h7-10,12,15,19H,11H2,1-6H3/t15-/m1/s1. The van der Waals surface area contributed by atoms with Gasteiger partial charge in [0.05, 0.1) is 19.8 Å². The minimum atomic E-state index is -3.00. The highest BCUT2D eigenvalue weighted by Crippen LogP contribution is 2.35. The molecule has 0 aromatic heterocycles. The van der Waals surface area contributed by atoms with Gasteiger partial charge in [0, 0.05) is 0 Å². The van der Waals surface area contributed by atoms with Gasteiger partial charge in [-0.15, -0.1) is 0 Å². The van der Waals surface area contributed by atoms with Gasteiger partial charge in [-0.1, -0.05) is 6.07 Å². The van der Waals surface area contributed by atoms with Gasteiger partial charge in [-0.3, -0.25) is 4.90 Å². The summed E-state index contributed by atoms with van der Waals surface area (Å²) < 4.78 is 45.7. The van der Waals surface area contributed by atoms with Gasteiger partial charge < -0.3 is 18.9 Å². The second-order valence-corrected chi connectivity index (χ2v) is 7.97. The fraction of sp³-hybridized carbons (Fsp3) is 0.524. The third kappa shape index (κ3) is 6.08. The lowest BCUT2D eigenvalue weighted by atomic mass is 10.1. The number of amides is 1. The Kier molecular flexibility index (Phi) is 7.28. The van der Waals surface area contributed by atoms with Crippen molar-refractivity contribution in [1.29, 1.82) is 0 Å². The van der Waals surface area contributed by atoms with Crippen LogP contribution in [0.1, 0.15) is 40.2 Å². The zero-order valence-corrected chi connectivity index (χ0v) is 17.9. The number of halogens is 2. The molecule has 0 N–H and O–H groups in total. The molecule has 30 heavy (non-hydrogen) atoms. The zero-order valence-electron chi connectivity index (χ0n) is 17.9. The van der Waals surface area contributed by atoms with Gasteiger partial charge in [-0.2, -0.15) is 8.78 Å². The van der Waals surface area contributed by atoms with Crippen molar-refractivity contribution in [3.63, 3.8) is 0 Å². The first-order chi connectivity index (χ1) is 13.9. The molecule has 1 aliphatic heterocycles. The van der Waals surface area contributed by atoms with Gasteiger partial charge in [0.1, 0.15) is 5.60 Å². The van der Waals surface area contributed by atoms with Crippen LogP contribution in [0.15, 0.2) is 24.3 Å². The van der Waals surface area contributed by atoms with Gasteiger partial charge in [-0.25, -0.2) is 9.59 Å². The van der Waals surface area contributed by atoms with E-state index in [1.54, 1.807) is 46.8 Å². The number of carbonyl (C=O) groups excluding carboxylic acids is 2. The topological polar surface area (TPSA) is 74.3 Å². The molecule has 9 heteroatoms. The van der Waals surface area contributed by atoms with Crippen LogP contribution in [-0.4, -0.2) is 55.0 Å². The molecule has 1 heterocycles. The van der Waals surface area contributed by atoms with Crippen LogP contribution in [0.3, 0.4) is 0 Å². The number of carbonyl (C=O) groups is 2. The summed E-state index contributed by atoms with van der Waals surface area (Å²) in [4.78, 5) is 26.1. The molecule has 7 nitrogen and oxygen atoms in total. The maximum absolute atomic E-state index is 12.7. The van der Waals surface area contributed by atoms with Gasteiger partial charge in [0.2, 0.25) is 0 Å². The van der Waals surface area contributed by atoms with Gasteiger partial charge in [0.25, 0.3) is 0 Å². The predicted octanol–water partition coefficient (Wildman–Crippen LogP) is 4.25. The third-order valence-electron chi connectivity index (χ3n) is 4.00. The predicted molar refractivity (Wildman–Crippen MR) is 106 cm³/mol. The van der Waals surface area contributed by atoms with Gasteiger partial charge in [-0.05, 0) is 64.0 Å². The van der Waals surface area contributed by atoms with Crippen LogP contribution in [0, 0.1) is 0 Å². The molecule has 1 aromatic rings. The van der Waals surface area contributed by atoms with E-state index < -0.39 is 30.3 Å². The second kappa shape index (κ2) is 9.32. The van der Waals surface area contributed by atoms with Crippen LogP contribution in [0.4, 0.5) is 13.6 Å². The van der Waals surface area contributed by atoms with Gasteiger partial charge >= 0.3 is 18.7 Å². The second-order valence-electron chi connectivity index (χ2n) is 7.97. The van der Waals surface area contributed by atoms with Crippen LogP contribution >= 0.6 is 0 Å². The molecule has 0 bridgehead atoms. The highest BCUT2D eigenvalue weighted by molar-refractivity contribution is 5.90. The van der Waals surface area contributed by atoms with Crippen molar-refractivity contribution in [3.8, 4) is 11.5 Å². The molecule has 166 valence electrons. The molecular formula is C21H27F2NO6. The average molecular weight is 427 g/mol. The van der Waals surface area contributed by atoms with E-state index in [2.05, 4.69) is 4.74 Å². The molecule has 1 aromatic carbocycles. The molecule has 0 saturated heterocycles. The Balaban J connectivity index is 2.37. The van der Waals surface area contributed by atoms with Crippen molar-refractivity contribution in [2.45, 2.75) is 59.0 Å². The largest absolute Gasteiger partial charge is 0.487 e. The lowest BCUT2D eigenvalue weighted by Crippen LogP contribution is -2.44. The van der Waals surface area contributed by atoms with E-state index in [1.807, 2.05) is 0 Å². The van der Waals surface area contributed by atoms with E-state index in [0.717, 1.165) is 0 Å². The summed E-state index contributed by atoms with van der Waals surface area (Å²) in [5.41, 5.74) is 0.466. The van der Waals surface area contributed by atoms with Crippen LogP contribution in [0.5, 0.6) is 11.5 Å². The summed E-state index contributed by atoms with van der Waals surface area (Å²) in [6, 6.07) is 3.50. The smallest absolute Gasteiger partial charge is 0.411 e. The molecule has 1 amide bonds. The fourth-order valence-electron chi connectivity index (χ4n) is 2.86. The van der Waals surface area contributed by atoms with Gasteiger partial charge in [0.15, 0.2) is 17.5 Å². The maximum Gasteiger partial charge on any atom is 0.411 e. The highest BCUT2D eigenvalue weighted by atomic mass is 19.3. The first-order valence-electron chi connectivity index (χ1n) is 9.45. The maximum atomic E-state index is 12.7. The fourth-order valence-corrected chi connectivity index (χ4v) is 2.86. The normalized spacial score (nSPS) is 16.5. The van der Waals surface area contributed by atoms with E-state index in [0.29, 0.717) is 11.1 Å². The quantitative estimate of drug-likeness (QED) is 0.632. The van der Waals surface area contributed by atoms with Crippen molar-refractivity contribution < 1.29 is 37.3 Å². The minimum Gasteiger partial charge on any atom is -0.487 e. The Morgan fingerprint density at radius 1 is 1.13 bits per heavy atom. The number of hydrogen-bond acceptors (Lipinski definition) is 6. The lowest BCUT2D eigenvalue weighted by Gasteiger charge is -2.27. The summed E-state index contributed by atoms with van der Waals surface area (Å²) in [5, 5.41) is 0. The number of nitrogens with zero attached hydrogens (tertiary/aromatic N) is 1. The summed E-state index contributed by atoms with van der Waals surface area (Å²) in [5.74, 6) is -0.587. The first kappa shape index (κ1) is 23.4. The molecule has 1 atom stereocenters. The van der Waals surface area contributed by atoms with E-state index in [9.17, 15) is 18.4 Å². The molecule has 0 aliphatic carbocycles. The number of benzene rings is 1. The van der Waals surface area contributed by atoms with Crippen LogP contribution in [-0.2, 0) is 14.3 Å². The Morgan fingerprint density at radius 2 is 1.80 bits per heavy atom. The number of methoxy groups -OCH3 is 1. The van der Waals surface area contributed by atoms with Crippen molar-refractivity contribution >= 4 is 17.6 Å². The zero-order chi connectivity index (χ0) is 22.6. The van der Waals surface area contributed by atoms with Crippen LogP contribution in [0.25, 0.3) is 5.57 Å². The summed E-state index contributed by atoms with van der Waals surface area (Å²) in [6.07, 6.45) is 0.636. The Hall–Kier alpha value is -2.84. The monoisotopic (exact) mass is 427 g/mol. The Morgan fingerprint density at radius 3 is 2.33 bits per heavy atom. The van der Waals surface area contributed by atoms with E-state index in [1.165, 1.54) is 24.1 Å². The third-order valence-corrected chi connectivity index (χ3v) is 4.00. The molecule has 0 unspecified atom stereocenters. The average Bonchev–Trinajstić information content (AvgIpc) is 3.06. The van der Waals surface area contributed by atoms with E-state index in [-0.39, 0.29) is 24.1 Å².